The third-order valence-electron chi connectivity index (χ3n) is 2.76. The summed E-state index contributed by atoms with van der Waals surface area (Å²) in [5.74, 6) is 1.42. The van der Waals surface area contributed by atoms with E-state index >= 15 is 0 Å². The largest absolute Gasteiger partial charge is 0.379 e. The maximum Gasteiger partial charge on any atom is 0.0594 e. The van der Waals surface area contributed by atoms with Crippen LogP contribution in [0.5, 0.6) is 0 Å². The first-order valence-electron chi connectivity index (χ1n) is 4.91. The van der Waals surface area contributed by atoms with E-state index in [0.717, 1.165) is 26.3 Å². The van der Waals surface area contributed by atoms with Gasteiger partial charge in [0.25, 0.3) is 0 Å². The van der Waals surface area contributed by atoms with E-state index in [1.165, 1.54) is 5.92 Å². The van der Waals surface area contributed by atoms with Crippen molar-refractivity contribution in [3.8, 4) is 0 Å². The Morgan fingerprint density at radius 3 is 2.46 bits per heavy atom. The van der Waals surface area contributed by atoms with Crippen LogP contribution in [0.4, 0.5) is 0 Å². The molecule has 0 spiro atoms. The van der Waals surface area contributed by atoms with E-state index in [9.17, 15) is 0 Å². The predicted octanol–water partition coefficient (Wildman–Crippen LogP) is 1.11. The van der Waals surface area contributed by atoms with Gasteiger partial charge in [-0.3, -0.25) is 4.90 Å². The normalized spacial score (nSPS) is 29.3. The topological polar surface area (TPSA) is 12.5 Å². The Labute approximate surface area is 81.3 Å². The van der Waals surface area contributed by atoms with Crippen molar-refractivity contribution in [2.75, 3.05) is 26.3 Å². The van der Waals surface area contributed by atoms with Crippen LogP contribution < -0.4 is 0 Å². The van der Waals surface area contributed by atoms with Crippen molar-refractivity contribution in [2.45, 2.75) is 13.0 Å². The van der Waals surface area contributed by atoms with Gasteiger partial charge in [-0.25, -0.2) is 0 Å². The lowest BCUT2D eigenvalue weighted by Crippen LogP contribution is -2.44. The number of hydrogen-bond donors (Lipinski definition) is 0. The van der Waals surface area contributed by atoms with Crippen molar-refractivity contribution in [1.29, 1.82) is 0 Å². The summed E-state index contributed by atoms with van der Waals surface area (Å²) in [6, 6.07) is 0.541. The van der Waals surface area contributed by atoms with Gasteiger partial charge in [0.15, 0.2) is 0 Å². The van der Waals surface area contributed by atoms with Crippen LogP contribution in [0.3, 0.4) is 0 Å². The van der Waals surface area contributed by atoms with E-state index in [1.807, 2.05) is 0 Å². The average Bonchev–Trinajstić information content (AvgIpc) is 2.71. The molecule has 1 atom stereocenters. The summed E-state index contributed by atoms with van der Waals surface area (Å²) in [5.41, 5.74) is 0. The third kappa shape index (κ3) is 2.23. The van der Waals surface area contributed by atoms with Crippen molar-refractivity contribution in [3.05, 3.63) is 31.6 Å². The minimum absolute atomic E-state index is 0.541. The van der Waals surface area contributed by atoms with Crippen LogP contribution in [0.2, 0.25) is 0 Å². The summed E-state index contributed by atoms with van der Waals surface area (Å²) in [7, 11) is 0. The summed E-state index contributed by atoms with van der Waals surface area (Å²) in [6.07, 6.45) is 8.60. The van der Waals surface area contributed by atoms with Gasteiger partial charge >= 0.3 is 0 Å². The van der Waals surface area contributed by atoms with Crippen LogP contribution >= 0.6 is 0 Å². The molecule has 0 bridgehead atoms. The number of nitrogens with zero attached hydrogens (tertiary/aromatic N) is 1. The Bertz CT molecular complexity index is 148. The van der Waals surface area contributed by atoms with Crippen LogP contribution in [-0.2, 0) is 4.74 Å². The molecule has 1 saturated heterocycles. The van der Waals surface area contributed by atoms with Gasteiger partial charge in [-0.05, 0) is 32.6 Å². The molecule has 2 nitrogen and oxygen atoms in total. The van der Waals surface area contributed by atoms with E-state index in [1.54, 1.807) is 0 Å². The molecule has 1 unspecified atom stereocenters. The number of morpholine rings is 1. The predicted molar refractivity (Wildman–Crippen MR) is 52.3 cm³/mol. The maximum atomic E-state index is 5.33. The zero-order chi connectivity index (χ0) is 9.10. The fraction of sp³-hybridized carbons (Fsp3) is 0.545. The monoisotopic (exact) mass is 178 g/mol. The second kappa shape index (κ2) is 4.43. The molecular formula is C11H16NO. The highest BCUT2D eigenvalue weighted by Crippen LogP contribution is 2.29. The number of hydrogen-bond acceptors (Lipinski definition) is 2. The summed E-state index contributed by atoms with van der Waals surface area (Å²) in [5, 5.41) is 0. The van der Waals surface area contributed by atoms with Crippen LogP contribution in [0, 0.1) is 31.6 Å². The Hall–Kier alpha value is -0.0800. The molecule has 2 rings (SSSR count). The van der Waals surface area contributed by atoms with Gasteiger partial charge in [-0.2, -0.15) is 0 Å². The molecule has 0 aromatic carbocycles. The molecule has 1 aliphatic carbocycles. The highest BCUT2D eigenvalue weighted by atomic mass is 16.5. The summed E-state index contributed by atoms with van der Waals surface area (Å²) in [6.45, 7) is 6.15. The lowest BCUT2D eigenvalue weighted by atomic mass is 9.98. The van der Waals surface area contributed by atoms with Gasteiger partial charge < -0.3 is 4.74 Å². The minimum atomic E-state index is 0.541. The van der Waals surface area contributed by atoms with Crippen LogP contribution in [0.1, 0.15) is 6.92 Å². The van der Waals surface area contributed by atoms with E-state index in [-0.39, 0.29) is 0 Å². The van der Waals surface area contributed by atoms with E-state index in [0.29, 0.717) is 6.04 Å². The van der Waals surface area contributed by atoms with E-state index in [2.05, 4.69) is 37.5 Å². The number of ether oxygens (including phenoxy) is 1. The standard InChI is InChI=1S/C11H16NO/c1-10(11-4-2-3-5-11)12-6-8-13-9-7-12/h2-5,10H,6-9H2,1H3. The average molecular weight is 178 g/mol. The quantitative estimate of drug-likeness (QED) is 0.628. The highest BCUT2D eigenvalue weighted by Gasteiger charge is 2.28. The maximum absolute atomic E-state index is 5.33. The van der Waals surface area contributed by atoms with E-state index in [4.69, 9.17) is 4.74 Å². The fourth-order valence-corrected chi connectivity index (χ4v) is 1.84. The zero-order valence-electron chi connectivity index (χ0n) is 8.07. The van der Waals surface area contributed by atoms with Crippen LogP contribution in [-0.4, -0.2) is 37.2 Å². The Morgan fingerprint density at radius 1 is 1.23 bits per heavy atom. The minimum Gasteiger partial charge on any atom is -0.379 e. The molecule has 13 heavy (non-hydrogen) atoms. The highest BCUT2D eigenvalue weighted by molar-refractivity contribution is 5.38. The van der Waals surface area contributed by atoms with Crippen molar-refractivity contribution in [2.24, 2.45) is 0 Å². The molecule has 0 N–H and O–H groups in total. The Kier molecular flexibility index (Phi) is 3.23. The zero-order valence-corrected chi connectivity index (χ0v) is 8.07. The molecule has 1 aliphatic heterocycles. The molecular weight excluding hydrogens is 162 g/mol. The first-order valence-corrected chi connectivity index (χ1v) is 4.91. The Balaban J connectivity index is 1.83. The van der Waals surface area contributed by atoms with Gasteiger partial charge in [0.05, 0.1) is 13.2 Å². The molecule has 0 aromatic rings. The molecule has 1 heterocycles. The van der Waals surface area contributed by atoms with Gasteiger partial charge in [-0.15, -0.1) is 0 Å². The van der Waals surface area contributed by atoms with Crippen molar-refractivity contribution in [1.82, 2.24) is 4.90 Å². The van der Waals surface area contributed by atoms with Crippen LogP contribution in [0.15, 0.2) is 0 Å². The van der Waals surface area contributed by atoms with Crippen LogP contribution in [0.25, 0.3) is 0 Å². The first-order chi connectivity index (χ1) is 6.38. The molecule has 2 heteroatoms. The smallest absolute Gasteiger partial charge is 0.0594 e. The molecule has 2 aliphatic rings. The third-order valence-corrected chi connectivity index (χ3v) is 2.76. The number of rotatable bonds is 2. The molecule has 1 saturated carbocycles. The lowest BCUT2D eigenvalue weighted by Gasteiger charge is -2.35. The van der Waals surface area contributed by atoms with E-state index < -0.39 is 0 Å². The lowest BCUT2D eigenvalue weighted by molar-refractivity contribution is 0.0243. The summed E-state index contributed by atoms with van der Waals surface area (Å²) in [4.78, 5) is 2.47. The molecule has 0 amide bonds. The van der Waals surface area contributed by atoms with Gasteiger partial charge in [0.1, 0.15) is 0 Å². The second-order valence-corrected chi connectivity index (χ2v) is 3.54. The summed E-state index contributed by atoms with van der Waals surface area (Å²) < 4.78 is 5.33. The summed E-state index contributed by atoms with van der Waals surface area (Å²) >= 11 is 0. The fourth-order valence-electron chi connectivity index (χ4n) is 1.84. The van der Waals surface area contributed by atoms with Crippen molar-refractivity contribution in [3.63, 3.8) is 0 Å². The van der Waals surface area contributed by atoms with Gasteiger partial charge in [0, 0.05) is 25.0 Å². The molecule has 0 aromatic heterocycles. The van der Waals surface area contributed by atoms with Crippen molar-refractivity contribution < 1.29 is 4.74 Å². The van der Waals surface area contributed by atoms with Gasteiger partial charge in [0.2, 0.25) is 0 Å². The molecule has 5 radical (unpaired) electrons. The second-order valence-electron chi connectivity index (χ2n) is 3.54. The molecule has 71 valence electrons. The van der Waals surface area contributed by atoms with Gasteiger partial charge in [-0.1, -0.05) is 0 Å². The van der Waals surface area contributed by atoms with Crippen molar-refractivity contribution >= 4 is 0 Å². The Morgan fingerprint density at radius 2 is 1.85 bits per heavy atom. The SMILES string of the molecule is CC([C]1[CH][CH][CH][CH]1)N1CCOCC1. The molecule has 2 fully saturated rings. The first kappa shape index (κ1) is 9.47.